The van der Waals surface area contributed by atoms with Crippen LogP contribution in [0.3, 0.4) is 0 Å². The van der Waals surface area contributed by atoms with Crippen molar-refractivity contribution in [3.63, 3.8) is 0 Å². The summed E-state index contributed by atoms with van der Waals surface area (Å²) in [6.45, 7) is 2.83. The molecule has 1 saturated carbocycles. The fraction of sp³-hybridized carbons (Fsp3) is 0.500. The molecule has 1 aromatic rings. The second kappa shape index (κ2) is 6.23. The second-order valence-corrected chi connectivity index (χ2v) is 7.91. The molecular formula is C14H18ClNO4S. The first-order chi connectivity index (χ1) is 9.81. The van der Waals surface area contributed by atoms with E-state index in [4.69, 9.17) is 15.4 Å². The number of amides is 1. The highest BCUT2D eigenvalue weighted by Crippen LogP contribution is 2.36. The Morgan fingerprint density at radius 1 is 1.48 bits per heavy atom. The maximum Gasteiger partial charge on any atom is 0.264 e. The van der Waals surface area contributed by atoms with Crippen molar-refractivity contribution in [2.75, 3.05) is 13.7 Å². The van der Waals surface area contributed by atoms with Gasteiger partial charge in [0.05, 0.1) is 13.5 Å². The molecule has 2 rings (SSSR count). The van der Waals surface area contributed by atoms with E-state index in [0.717, 1.165) is 6.42 Å². The van der Waals surface area contributed by atoms with Crippen molar-refractivity contribution < 1.29 is 17.9 Å². The molecule has 0 heterocycles. The minimum atomic E-state index is -3.91. The molecule has 0 spiro atoms. The average Bonchev–Trinajstić information content (AvgIpc) is 3.11. The maximum atomic E-state index is 11.8. The number of ether oxygens (including phenoxy) is 1. The van der Waals surface area contributed by atoms with Crippen LogP contribution in [0, 0.1) is 11.8 Å². The quantitative estimate of drug-likeness (QED) is 0.808. The number of carbonyl (C=O) groups excluding carboxylic acids is 1. The zero-order valence-corrected chi connectivity index (χ0v) is 13.5. The summed E-state index contributed by atoms with van der Waals surface area (Å²) in [5.74, 6) is 1.29. The smallest absolute Gasteiger partial charge is 0.264 e. The Kier molecular flexibility index (Phi) is 4.78. The van der Waals surface area contributed by atoms with Gasteiger partial charge >= 0.3 is 0 Å². The maximum absolute atomic E-state index is 11.8. The molecule has 0 aromatic heterocycles. The zero-order valence-electron chi connectivity index (χ0n) is 11.9. The van der Waals surface area contributed by atoms with Crippen LogP contribution in [0.2, 0.25) is 0 Å². The first-order valence-electron chi connectivity index (χ1n) is 6.69. The fourth-order valence-corrected chi connectivity index (χ4v) is 3.24. The van der Waals surface area contributed by atoms with Gasteiger partial charge < -0.3 is 10.1 Å². The third-order valence-corrected chi connectivity index (χ3v) is 5.04. The Bertz CT molecular complexity index is 644. The highest BCUT2D eigenvalue weighted by atomic mass is 35.7. The standard InChI is InChI=1S/C14H18ClNO4S/c1-9-5-11(9)8-16-14(17)7-10-3-4-12(20-2)13(6-10)21(15,18)19/h3-4,6,9,11H,5,7-8H2,1-2H3,(H,16,17). The molecule has 0 aliphatic heterocycles. The summed E-state index contributed by atoms with van der Waals surface area (Å²) >= 11 is 0. The number of halogens is 1. The Hall–Kier alpha value is -1.27. The molecule has 7 heteroatoms. The van der Waals surface area contributed by atoms with Crippen LogP contribution < -0.4 is 10.1 Å². The third-order valence-electron chi connectivity index (χ3n) is 3.69. The summed E-state index contributed by atoms with van der Waals surface area (Å²) in [7, 11) is 2.82. The molecular weight excluding hydrogens is 314 g/mol. The minimum absolute atomic E-state index is 0.116. The third kappa shape index (κ3) is 4.35. The van der Waals surface area contributed by atoms with Gasteiger partial charge in [0.1, 0.15) is 10.6 Å². The molecule has 0 saturated heterocycles. The van der Waals surface area contributed by atoms with Gasteiger partial charge in [0.25, 0.3) is 9.05 Å². The molecule has 1 aliphatic carbocycles. The van der Waals surface area contributed by atoms with E-state index in [-0.39, 0.29) is 23.0 Å². The molecule has 2 atom stereocenters. The molecule has 1 amide bonds. The van der Waals surface area contributed by atoms with Gasteiger partial charge in [-0.05, 0) is 36.0 Å². The summed E-state index contributed by atoms with van der Waals surface area (Å²) in [4.78, 5) is 11.7. The zero-order chi connectivity index (χ0) is 15.6. The van der Waals surface area contributed by atoms with Crippen LogP contribution in [0.5, 0.6) is 5.75 Å². The van der Waals surface area contributed by atoms with E-state index in [9.17, 15) is 13.2 Å². The molecule has 21 heavy (non-hydrogen) atoms. The van der Waals surface area contributed by atoms with Gasteiger partial charge in [0.2, 0.25) is 5.91 Å². The number of carbonyl (C=O) groups is 1. The van der Waals surface area contributed by atoms with E-state index in [1.165, 1.54) is 19.2 Å². The molecule has 1 N–H and O–H groups in total. The van der Waals surface area contributed by atoms with Gasteiger partial charge in [-0.15, -0.1) is 0 Å². The van der Waals surface area contributed by atoms with Crippen LogP contribution in [0.1, 0.15) is 18.9 Å². The van der Waals surface area contributed by atoms with Crippen LogP contribution >= 0.6 is 10.7 Å². The fourth-order valence-electron chi connectivity index (χ4n) is 2.20. The van der Waals surface area contributed by atoms with Gasteiger partial charge in [-0.2, -0.15) is 0 Å². The van der Waals surface area contributed by atoms with Crippen LogP contribution in [-0.2, 0) is 20.3 Å². The lowest BCUT2D eigenvalue weighted by Gasteiger charge is -2.09. The van der Waals surface area contributed by atoms with Gasteiger partial charge in [0.15, 0.2) is 0 Å². The summed E-state index contributed by atoms with van der Waals surface area (Å²) in [5, 5.41) is 2.86. The van der Waals surface area contributed by atoms with Crippen molar-refractivity contribution in [2.45, 2.75) is 24.7 Å². The molecule has 0 radical (unpaired) electrons. The van der Waals surface area contributed by atoms with Crippen LogP contribution in [0.15, 0.2) is 23.1 Å². The number of benzene rings is 1. The average molecular weight is 332 g/mol. The van der Waals surface area contributed by atoms with Gasteiger partial charge in [0, 0.05) is 17.2 Å². The Labute approximate surface area is 129 Å². The molecule has 1 fully saturated rings. The highest BCUT2D eigenvalue weighted by molar-refractivity contribution is 8.13. The second-order valence-electron chi connectivity index (χ2n) is 5.38. The van der Waals surface area contributed by atoms with Crippen LogP contribution in [0.4, 0.5) is 0 Å². The Balaban J connectivity index is 2.04. The van der Waals surface area contributed by atoms with Crippen molar-refractivity contribution >= 4 is 25.6 Å². The molecule has 2 unspecified atom stereocenters. The summed E-state index contributed by atoms with van der Waals surface area (Å²) < 4.78 is 28.0. The highest BCUT2D eigenvalue weighted by Gasteiger charge is 2.32. The molecule has 5 nitrogen and oxygen atoms in total. The van der Waals surface area contributed by atoms with E-state index < -0.39 is 9.05 Å². The molecule has 1 aromatic carbocycles. The lowest BCUT2D eigenvalue weighted by atomic mass is 10.1. The Morgan fingerprint density at radius 3 is 2.67 bits per heavy atom. The van der Waals surface area contributed by atoms with E-state index in [1.54, 1.807) is 6.07 Å². The molecule has 116 valence electrons. The summed E-state index contributed by atoms with van der Waals surface area (Å²) in [6, 6.07) is 4.53. The molecule has 0 bridgehead atoms. The first kappa shape index (κ1) is 16.1. The number of rotatable bonds is 6. The van der Waals surface area contributed by atoms with Crippen LogP contribution in [0.25, 0.3) is 0 Å². The topological polar surface area (TPSA) is 72.5 Å². The normalized spacial score (nSPS) is 20.9. The van der Waals surface area contributed by atoms with Gasteiger partial charge in [-0.3, -0.25) is 4.79 Å². The van der Waals surface area contributed by atoms with Crippen molar-refractivity contribution in [1.29, 1.82) is 0 Å². The SMILES string of the molecule is COc1ccc(CC(=O)NCC2CC2C)cc1S(=O)(=O)Cl. The number of hydrogen-bond acceptors (Lipinski definition) is 4. The van der Waals surface area contributed by atoms with Crippen molar-refractivity contribution in [1.82, 2.24) is 5.32 Å². The lowest BCUT2D eigenvalue weighted by Crippen LogP contribution is -2.27. The van der Waals surface area contributed by atoms with E-state index in [0.29, 0.717) is 23.9 Å². The van der Waals surface area contributed by atoms with Crippen molar-refractivity contribution in [2.24, 2.45) is 11.8 Å². The Morgan fingerprint density at radius 2 is 2.14 bits per heavy atom. The summed E-state index contributed by atoms with van der Waals surface area (Å²) in [5.41, 5.74) is 0.580. The van der Waals surface area contributed by atoms with Crippen molar-refractivity contribution in [3.8, 4) is 5.75 Å². The number of methoxy groups -OCH3 is 1. The predicted octanol–water partition coefficient (Wildman–Crippen LogP) is 1.94. The minimum Gasteiger partial charge on any atom is -0.495 e. The van der Waals surface area contributed by atoms with Crippen LogP contribution in [-0.4, -0.2) is 28.0 Å². The first-order valence-corrected chi connectivity index (χ1v) is 9.00. The molecule has 1 aliphatic rings. The number of hydrogen-bond donors (Lipinski definition) is 1. The van der Waals surface area contributed by atoms with Crippen molar-refractivity contribution in [3.05, 3.63) is 23.8 Å². The summed E-state index contributed by atoms with van der Waals surface area (Å²) in [6.07, 6.45) is 1.27. The van der Waals surface area contributed by atoms with Gasteiger partial charge in [-0.25, -0.2) is 8.42 Å². The number of nitrogens with one attached hydrogen (secondary N) is 1. The van der Waals surface area contributed by atoms with Gasteiger partial charge in [-0.1, -0.05) is 13.0 Å². The monoisotopic (exact) mass is 331 g/mol. The van der Waals surface area contributed by atoms with E-state index in [1.807, 2.05) is 0 Å². The lowest BCUT2D eigenvalue weighted by molar-refractivity contribution is -0.120. The predicted molar refractivity (Wildman–Crippen MR) is 80.0 cm³/mol. The van der Waals surface area contributed by atoms with E-state index in [2.05, 4.69) is 12.2 Å². The van der Waals surface area contributed by atoms with E-state index >= 15 is 0 Å². The largest absolute Gasteiger partial charge is 0.495 e.